The highest BCUT2D eigenvalue weighted by atomic mass is 32.1. The van der Waals surface area contributed by atoms with Gasteiger partial charge in [0.05, 0.1) is 29.2 Å². The van der Waals surface area contributed by atoms with Crippen LogP contribution in [0, 0.1) is 0 Å². The van der Waals surface area contributed by atoms with Gasteiger partial charge in [0.25, 0.3) is 0 Å². The number of nitrogens with zero attached hydrogens (tertiary/aromatic N) is 3. The van der Waals surface area contributed by atoms with Crippen LogP contribution >= 0.6 is 11.3 Å². The van der Waals surface area contributed by atoms with Crippen molar-refractivity contribution in [2.45, 2.75) is 32.4 Å². The lowest BCUT2D eigenvalue weighted by molar-refractivity contribution is -0.136. The molecule has 0 spiro atoms. The number of hydrogen-bond acceptors (Lipinski definition) is 4. The Kier molecular flexibility index (Phi) is 5.13. The van der Waals surface area contributed by atoms with E-state index in [-0.39, 0.29) is 24.3 Å². The molecule has 1 aliphatic heterocycles. The normalized spacial score (nSPS) is 16.1. The Balaban J connectivity index is 1.51. The van der Waals surface area contributed by atoms with Gasteiger partial charge in [-0.25, -0.2) is 4.98 Å². The molecule has 2 aromatic carbocycles. The average Bonchev–Trinajstić information content (AvgIpc) is 3.10. The Labute approximate surface area is 168 Å². The van der Waals surface area contributed by atoms with E-state index in [1.165, 1.54) is 5.56 Å². The average molecular weight is 394 g/mol. The quantitative estimate of drug-likeness (QED) is 0.678. The van der Waals surface area contributed by atoms with Crippen LogP contribution in [-0.4, -0.2) is 40.2 Å². The van der Waals surface area contributed by atoms with Gasteiger partial charge in [-0.05, 0) is 29.7 Å². The number of thiazole rings is 1. The van der Waals surface area contributed by atoms with Crippen molar-refractivity contribution < 1.29 is 9.59 Å². The summed E-state index contributed by atoms with van der Waals surface area (Å²) in [5.41, 5.74) is 3.28. The molecule has 144 valence electrons. The minimum absolute atomic E-state index is 0.0149. The standard InChI is InChI=1S/C22H23N3O2S/c1-15(26)25-12-11-16-7-3-4-8-17(16)19(25)13-22(27)24(2)14-21-23-18-9-5-6-10-20(18)28-21/h3-10,19H,11-14H2,1-2H3. The van der Waals surface area contributed by atoms with Crippen LogP contribution in [-0.2, 0) is 22.6 Å². The first-order valence-corrected chi connectivity index (χ1v) is 10.3. The maximum absolute atomic E-state index is 13.0. The molecule has 0 aliphatic carbocycles. The molecule has 0 saturated heterocycles. The number of rotatable bonds is 4. The van der Waals surface area contributed by atoms with Gasteiger partial charge >= 0.3 is 0 Å². The summed E-state index contributed by atoms with van der Waals surface area (Å²) < 4.78 is 1.13. The van der Waals surface area contributed by atoms with Crippen molar-refractivity contribution in [1.29, 1.82) is 0 Å². The van der Waals surface area contributed by atoms with E-state index in [0.717, 1.165) is 27.2 Å². The third-order valence-electron chi connectivity index (χ3n) is 5.32. The van der Waals surface area contributed by atoms with Gasteiger partial charge in [0, 0.05) is 20.5 Å². The van der Waals surface area contributed by atoms with E-state index in [1.54, 1.807) is 30.2 Å². The number of carbonyl (C=O) groups is 2. The monoisotopic (exact) mass is 393 g/mol. The van der Waals surface area contributed by atoms with Crippen LogP contribution in [0.15, 0.2) is 48.5 Å². The molecule has 2 amide bonds. The molecule has 28 heavy (non-hydrogen) atoms. The van der Waals surface area contributed by atoms with Crippen molar-refractivity contribution in [3.8, 4) is 0 Å². The number of hydrogen-bond donors (Lipinski definition) is 0. The number of benzene rings is 2. The second kappa shape index (κ2) is 7.72. The molecule has 2 heterocycles. The molecule has 4 rings (SSSR count). The van der Waals surface area contributed by atoms with Gasteiger partial charge in [-0.1, -0.05) is 36.4 Å². The summed E-state index contributed by atoms with van der Waals surface area (Å²) in [7, 11) is 1.81. The zero-order valence-electron chi connectivity index (χ0n) is 16.1. The highest BCUT2D eigenvalue weighted by Gasteiger charge is 2.31. The minimum Gasteiger partial charge on any atom is -0.339 e. The third kappa shape index (κ3) is 3.64. The second-order valence-corrected chi connectivity index (χ2v) is 8.32. The molecule has 0 radical (unpaired) electrons. The van der Waals surface area contributed by atoms with Crippen LogP contribution in [0.4, 0.5) is 0 Å². The lowest BCUT2D eigenvalue weighted by Crippen LogP contribution is -2.41. The van der Waals surface area contributed by atoms with Crippen molar-refractivity contribution in [1.82, 2.24) is 14.8 Å². The fourth-order valence-electron chi connectivity index (χ4n) is 3.85. The molecule has 1 aliphatic rings. The number of aromatic nitrogens is 1. The van der Waals surface area contributed by atoms with E-state index in [4.69, 9.17) is 0 Å². The minimum atomic E-state index is -0.201. The molecular weight excluding hydrogens is 370 g/mol. The zero-order valence-corrected chi connectivity index (χ0v) is 16.9. The van der Waals surface area contributed by atoms with Crippen molar-refractivity contribution in [2.24, 2.45) is 0 Å². The molecule has 3 aromatic rings. The maximum Gasteiger partial charge on any atom is 0.225 e. The second-order valence-electron chi connectivity index (χ2n) is 7.21. The van der Waals surface area contributed by atoms with E-state index in [2.05, 4.69) is 11.1 Å². The Bertz CT molecular complexity index is 996. The van der Waals surface area contributed by atoms with Crippen LogP contribution in [0.2, 0.25) is 0 Å². The van der Waals surface area contributed by atoms with Gasteiger partial charge in [-0.2, -0.15) is 0 Å². The zero-order chi connectivity index (χ0) is 19.7. The van der Waals surface area contributed by atoms with Crippen LogP contribution in [0.25, 0.3) is 10.2 Å². The molecule has 5 nitrogen and oxygen atoms in total. The molecule has 1 aromatic heterocycles. The Morgan fingerprint density at radius 1 is 1.18 bits per heavy atom. The van der Waals surface area contributed by atoms with Gasteiger partial charge in [0.15, 0.2) is 0 Å². The lowest BCUT2D eigenvalue weighted by atomic mass is 9.90. The molecule has 0 N–H and O–H groups in total. The van der Waals surface area contributed by atoms with Gasteiger partial charge in [0.1, 0.15) is 5.01 Å². The first-order chi connectivity index (χ1) is 13.5. The number of amides is 2. The van der Waals surface area contributed by atoms with E-state index in [9.17, 15) is 9.59 Å². The Morgan fingerprint density at radius 2 is 1.93 bits per heavy atom. The van der Waals surface area contributed by atoms with Gasteiger partial charge in [-0.15, -0.1) is 11.3 Å². The topological polar surface area (TPSA) is 53.5 Å². The molecule has 0 bridgehead atoms. The smallest absolute Gasteiger partial charge is 0.225 e. The molecule has 6 heteroatoms. The van der Waals surface area contributed by atoms with Gasteiger partial charge < -0.3 is 9.80 Å². The Morgan fingerprint density at radius 3 is 2.71 bits per heavy atom. The summed E-state index contributed by atoms with van der Waals surface area (Å²) in [4.78, 5) is 33.3. The van der Waals surface area contributed by atoms with Crippen LogP contribution in [0.5, 0.6) is 0 Å². The molecule has 1 atom stereocenters. The molecular formula is C22H23N3O2S. The predicted octanol–water partition coefficient (Wildman–Crippen LogP) is 3.79. The van der Waals surface area contributed by atoms with Crippen molar-refractivity contribution in [3.63, 3.8) is 0 Å². The third-order valence-corrected chi connectivity index (χ3v) is 6.34. The summed E-state index contributed by atoms with van der Waals surface area (Å²) in [6.45, 7) is 2.72. The Hall–Kier alpha value is -2.73. The molecule has 1 unspecified atom stereocenters. The lowest BCUT2D eigenvalue weighted by Gasteiger charge is -2.37. The molecule has 0 fully saturated rings. The number of carbonyl (C=O) groups excluding carboxylic acids is 2. The van der Waals surface area contributed by atoms with Gasteiger partial charge in [0.2, 0.25) is 11.8 Å². The summed E-state index contributed by atoms with van der Waals surface area (Å²) in [5, 5.41) is 0.921. The summed E-state index contributed by atoms with van der Waals surface area (Å²) >= 11 is 1.61. The number of para-hydroxylation sites is 1. The first kappa shape index (κ1) is 18.6. The fourth-order valence-corrected chi connectivity index (χ4v) is 4.87. The van der Waals surface area contributed by atoms with E-state index in [1.807, 2.05) is 47.4 Å². The van der Waals surface area contributed by atoms with Crippen molar-refractivity contribution in [2.75, 3.05) is 13.6 Å². The first-order valence-electron chi connectivity index (χ1n) is 9.46. The van der Waals surface area contributed by atoms with Crippen LogP contribution in [0.3, 0.4) is 0 Å². The fraction of sp³-hybridized carbons (Fsp3) is 0.318. The number of fused-ring (bicyclic) bond motifs is 2. The van der Waals surface area contributed by atoms with Crippen molar-refractivity contribution in [3.05, 3.63) is 64.7 Å². The highest BCUT2D eigenvalue weighted by molar-refractivity contribution is 7.18. The summed E-state index contributed by atoms with van der Waals surface area (Å²) in [6, 6.07) is 15.9. The van der Waals surface area contributed by atoms with Gasteiger partial charge in [-0.3, -0.25) is 9.59 Å². The summed E-state index contributed by atoms with van der Waals surface area (Å²) in [6.07, 6.45) is 1.12. The molecule has 0 saturated carbocycles. The maximum atomic E-state index is 13.0. The van der Waals surface area contributed by atoms with Crippen LogP contribution < -0.4 is 0 Å². The van der Waals surface area contributed by atoms with E-state index < -0.39 is 0 Å². The SMILES string of the molecule is CC(=O)N1CCc2ccccc2C1CC(=O)N(C)Cc1nc2ccccc2s1. The van der Waals surface area contributed by atoms with E-state index >= 15 is 0 Å². The van der Waals surface area contributed by atoms with Crippen molar-refractivity contribution >= 4 is 33.4 Å². The highest BCUT2D eigenvalue weighted by Crippen LogP contribution is 2.33. The largest absolute Gasteiger partial charge is 0.339 e. The predicted molar refractivity (Wildman–Crippen MR) is 111 cm³/mol. The van der Waals surface area contributed by atoms with Crippen LogP contribution in [0.1, 0.15) is 35.5 Å². The van der Waals surface area contributed by atoms with E-state index in [0.29, 0.717) is 13.1 Å². The summed E-state index contributed by atoms with van der Waals surface area (Å²) in [5.74, 6) is 0.0355.